The minimum atomic E-state index is -0.175. The highest BCUT2D eigenvalue weighted by Crippen LogP contribution is 2.27. The Balaban J connectivity index is 1.59. The molecule has 1 aromatic rings. The van der Waals surface area contributed by atoms with Crippen molar-refractivity contribution in [3.63, 3.8) is 0 Å². The van der Waals surface area contributed by atoms with Gasteiger partial charge in [-0.2, -0.15) is 0 Å². The molecule has 0 radical (unpaired) electrons. The Kier molecular flexibility index (Phi) is 7.21. The van der Waals surface area contributed by atoms with E-state index < -0.39 is 0 Å². The molecule has 2 heterocycles. The minimum absolute atomic E-state index is 0.0872. The summed E-state index contributed by atoms with van der Waals surface area (Å²) in [6.45, 7) is 6.97. The zero-order valence-corrected chi connectivity index (χ0v) is 16.6. The molecule has 0 spiro atoms. The summed E-state index contributed by atoms with van der Waals surface area (Å²) in [6, 6.07) is 7.46. The van der Waals surface area contributed by atoms with Gasteiger partial charge in [0.25, 0.3) is 0 Å². The van der Waals surface area contributed by atoms with Crippen molar-refractivity contribution in [2.75, 3.05) is 33.2 Å². The molecule has 6 heteroatoms. The van der Waals surface area contributed by atoms with Gasteiger partial charge in [0.05, 0.1) is 6.04 Å². The summed E-state index contributed by atoms with van der Waals surface area (Å²) in [6.07, 6.45) is 4.21. The number of amides is 1. The van der Waals surface area contributed by atoms with Gasteiger partial charge < -0.3 is 15.5 Å². The van der Waals surface area contributed by atoms with Gasteiger partial charge in [0, 0.05) is 37.8 Å². The number of hydrogen-bond acceptors (Lipinski definition) is 4. The van der Waals surface area contributed by atoms with Crippen molar-refractivity contribution < 1.29 is 9.18 Å². The monoisotopic (exact) mass is 376 g/mol. The van der Waals surface area contributed by atoms with E-state index in [1.165, 1.54) is 19.0 Å². The van der Waals surface area contributed by atoms with E-state index in [1.54, 1.807) is 13.1 Å². The second-order valence-corrected chi connectivity index (χ2v) is 7.80. The second kappa shape index (κ2) is 9.62. The number of rotatable bonds is 7. The van der Waals surface area contributed by atoms with Gasteiger partial charge in [0.1, 0.15) is 5.82 Å². The van der Waals surface area contributed by atoms with Crippen LogP contribution in [0.25, 0.3) is 0 Å². The van der Waals surface area contributed by atoms with E-state index >= 15 is 0 Å². The van der Waals surface area contributed by atoms with Crippen LogP contribution < -0.4 is 10.6 Å². The van der Waals surface area contributed by atoms with Gasteiger partial charge >= 0.3 is 0 Å². The first-order valence-corrected chi connectivity index (χ1v) is 10.3. The maximum absolute atomic E-state index is 13.9. The third-order valence-corrected chi connectivity index (χ3v) is 5.99. The Morgan fingerprint density at radius 3 is 2.67 bits per heavy atom. The lowest BCUT2D eigenvalue weighted by Crippen LogP contribution is -2.51. The third kappa shape index (κ3) is 5.06. The lowest BCUT2D eigenvalue weighted by Gasteiger charge is -2.38. The van der Waals surface area contributed by atoms with Crippen molar-refractivity contribution in [1.82, 2.24) is 20.4 Å². The van der Waals surface area contributed by atoms with Gasteiger partial charge in [-0.15, -0.1) is 0 Å². The Labute approximate surface area is 162 Å². The number of likely N-dealkylation sites (tertiary alicyclic amines) is 2. The van der Waals surface area contributed by atoms with Crippen molar-refractivity contribution in [3.8, 4) is 0 Å². The predicted molar refractivity (Wildman–Crippen MR) is 106 cm³/mol. The van der Waals surface area contributed by atoms with Crippen LogP contribution in [0.5, 0.6) is 0 Å². The first-order valence-electron chi connectivity index (χ1n) is 10.3. The topological polar surface area (TPSA) is 47.6 Å². The molecule has 2 aliphatic heterocycles. The minimum Gasteiger partial charge on any atom is -0.358 e. The van der Waals surface area contributed by atoms with Gasteiger partial charge in [0.15, 0.2) is 0 Å². The summed E-state index contributed by atoms with van der Waals surface area (Å²) >= 11 is 0. The van der Waals surface area contributed by atoms with E-state index in [9.17, 15) is 9.18 Å². The van der Waals surface area contributed by atoms with Crippen LogP contribution >= 0.6 is 0 Å². The van der Waals surface area contributed by atoms with Gasteiger partial charge in [0.2, 0.25) is 5.91 Å². The summed E-state index contributed by atoms with van der Waals surface area (Å²) in [5.41, 5.74) is 0.681. The molecule has 5 nitrogen and oxygen atoms in total. The summed E-state index contributed by atoms with van der Waals surface area (Å²) in [5.74, 6) is -0.0767. The molecular weight excluding hydrogens is 343 g/mol. The van der Waals surface area contributed by atoms with Crippen LogP contribution in [-0.4, -0.2) is 67.1 Å². The molecule has 0 aliphatic carbocycles. The number of nitrogens with one attached hydrogen (secondary N) is 2. The van der Waals surface area contributed by atoms with Crippen LogP contribution in [0.3, 0.4) is 0 Å². The molecule has 2 atom stereocenters. The molecule has 1 aromatic carbocycles. The van der Waals surface area contributed by atoms with Crippen LogP contribution in [0.15, 0.2) is 24.3 Å². The quantitative estimate of drug-likeness (QED) is 0.764. The molecule has 0 aromatic heterocycles. The highest BCUT2D eigenvalue weighted by Gasteiger charge is 2.40. The van der Waals surface area contributed by atoms with E-state index in [4.69, 9.17) is 0 Å². The van der Waals surface area contributed by atoms with Crippen LogP contribution in [0, 0.1) is 5.82 Å². The van der Waals surface area contributed by atoms with Crippen LogP contribution in [0.1, 0.15) is 38.2 Å². The molecular formula is C21H33FN4O. The molecule has 2 fully saturated rings. The van der Waals surface area contributed by atoms with Gasteiger partial charge in [-0.25, -0.2) is 4.39 Å². The number of hydrogen-bond donors (Lipinski definition) is 2. The Hall–Kier alpha value is -1.50. The van der Waals surface area contributed by atoms with Gasteiger partial charge in [-0.3, -0.25) is 9.69 Å². The van der Waals surface area contributed by atoms with Crippen LogP contribution in [-0.2, 0) is 11.3 Å². The smallest absolute Gasteiger partial charge is 0.237 e. The second-order valence-electron chi connectivity index (χ2n) is 7.80. The number of piperidine rings is 1. The van der Waals surface area contributed by atoms with Crippen molar-refractivity contribution in [3.05, 3.63) is 35.6 Å². The van der Waals surface area contributed by atoms with Crippen molar-refractivity contribution in [2.24, 2.45) is 0 Å². The van der Waals surface area contributed by atoms with Crippen molar-refractivity contribution >= 4 is 5.91 Å². The van der Waals surface area contributed by atoms with E-state index in [0.717, 1.165) is 38.9 Å². The molecule has 3 rings (SSSR count). The number of benzene rings is 1. The zero-order chi connectivity index (χ0) is 19.2. The number of nitrogens with zero attached hydrogens (tertiary/aromatic N) is 2. The summed E-state index contributed by atoms with van der Waals surface area (Å²) in [7, 11) is 1.71. The summed E-state index contributed by atoms with van der Waals surface area (Å²) in [4.78, 5) is 17.4. The predicted octanol–water partition coefficient (Wildman–Crippen LogP) is 1.98. The molecule has 0 bridgehead atoms. The third-order valence-electron chi connectivity index (χ3n) is 5.99. The first kappa shape index (κ1) is 20.2. The number of carbonyl (C=O) groups is 1. The Morgan fingerprint density at radius 1 is 1.26 bits per heavy atom. The molecule has 2 aliphatic rings. The lowest BCUT2D eigenvalue weighted by molar-refractivity contribution is -0.126. The van der Waals surface area contributed by atoms with E-state index in [2.05, 4.69) is 27.4 Å². The molecule has 150 valence electrons. The zero-order valence-electron chi connectivity index (χ0n) is 16.6. The number of carbonyl (C=O) groups excluding carboxylic acids is 1. The molecule has 2 N–H and O–H groups in total. The van der Waals surface area contributed by atoms with Gasteiger partial charge in [-0.05, 0) is 51.4 Å². The first-order chi connectivity index (χ1) is 13.1. The van der Waals surface area contributed by atoms with Crippen molar-refractivity contribution in [2.45, 2.75) is 57.3 Å². The fourth-order valence-corrected chi connectivity index (χ4v) is 4.52. The highest BCUT2D eigenvalue weighted by atomic mass is 19.1. The average molecular weight is 377 g/mol. The van der Waals surface area contributed by atoms with E-state index in [1.807, 2.05) is 12.1 Å². The van der Waals surface area contributed by atoms with Crippen LogP contribution in [0.2, 0.25) is 0 Å². The average Bonchev–Trinajstić information content (AvgIpc) is 3.12. The van der Waals surface area contributed by atoms with E-state index in [0.29, 0.717) is 18.2 Å². The highest BCUT2D eigenvalue weighted by molar-refractivity contribution is 5.82. The number of halogens is 1. The molecule has 1 amide bonds. The summed E-state index contributed by atoms with van der Waals surface area (Å²) < 4.78 is 13.9. The Morgan fingerprint density at radius 2 is 2.00 bits per heavy atom. The largest absolute Gasteiger partial charge is 0.358 e. The van der Waals surface area contributed by atoms with Crippen molar-refractivity contribution in [1.29, 1.82) is 0 Å². The fourth-order valence-electron chi connectivity index (χ4n) is 4.52. The molecule has 2 saturated heterocycles. The van der Waals surface area contributed by atoms with Crippen LogP contribution in [0.4, 0.5) is 4.39 Å². The molecule has 0 saturated carbocycles. The lowest BCUT2D eigenvalue weighted by atomic mass is 10.0. The maximum atomic E-state index is 13.9. The molecule has 27 heavy (non-hydrogen) atoms. The number of likely N-dealkylation sites (N-methyl/N-ethyl adjacent to an activating group) is 1. The Bertz CT molecular complexity index is 618. The maximum Gasteiger partial charge on any atom is 0.237 e. The normalized spacial score (nSPS) is 25.0. The van der Waals surface area contributed by atoms with Gasteiger partial charge in [-0.1, -0.05) is 25.1 Å². The SMILES string of the molecule is CCCN1CCC(N2C[C@@H](NCc3ccccc3F)C[C@H]2C(=O)NC)CC1. The van der Waals surface area contributed by atoms with E-state index in [-0.39, 0.29) is 23.8 Å². The standard InChI is InChI=1S/C21H33FN4O/c1-3-10-25-11-8-18(9-12-25)26-15-17(13-20(26)21(27)23-2)24-14-16-6-4-5-7-19(16)22/h4-7,17-18,20,24H,3,8-15H2,1-2H3,(H,23,27)/t17-,20-/m0/s1. The fraction of sp³-hybridized carbons (Fsp3) is 0.667. The molecule has 0 unspecified atom stereocenters. The summed E-state index contributed by atoms with van der Waals surface area (Å²) in [5, 5.41) is 6.30.